The van der Waals surface area contributed by atoms with Crippen LogP contribution >= 0.6 is 12.2 Å². The molecule has 0 atom stereocenters. The van der Waals surface area contributed by atoms with Gasteiger partial charge in [-0.3, -0.25) is 0 Å². The molecule has 2 nitrogen and oxygen atoms in total. The molecule has 0 saturated heterocycles. The number of rotatable bonds is 8. The summed E-state index contributed by atoms with van der Waals surface area (Å²) in [5.41, 5.74) is 7.69. The molecule has 0 radical (unpaired) electrons. The second kappa shape index (κ2) is 8.09. The minimum atomic E-state index is 0.399. The Morgan fingerprint density at radius 3 is 2.61 bits per heavy atom. The number of nitrogens with two attached hydrogens (primary N) is 1. The van der Waals surface area contributed by atoms with E-state index >= 15 is 0 Å². The lowest BCUT2D eigenvalue weighted by molar-refractivity contribution is 0.304. The van der Waals surface area contributed by atoms with Crippen molar-refractivity contribution in [2.75, 3.05) is 6.61 Å². The van der Waals surface area contributed by atoms with Crippen molar-refractivity contribution in [3.8, 4) is 5.75 Å². The summed E-state index contributed by atoms with van der Waals surface area (Å²) in [6.45, 7) is 5.00. The molecule has 18 heavy (non-hydrogen) atoms. The van der Waals surface area contributed by atoms with Crippen molar-refractivity contribution in [1.29, 1.82) is 0 Å². The van der Waals surface area contributed by atoms with Gasteiger partial charge >= 0.3 is 0 Å². The number of ether oxygens (including phenoxy) is 1. The molecule has 0 aliphatic carbocycles. The Labute approximate surface area is 116 Å². The number of hydrogen-bond donors (Lipinski definition) is 1. The lowest BCUT2D eigenvalue weighted by Crippen LogP contribution is -2.12. The van der Waals surface area contributed by atoms with Crippen LogP contribution < -0.4 is 10.5 Å². The molecule has 0 aliphatic heterocycles. The lowest BCUT2D eigenvalue weighted by Gasteiger charge is -2.11. The Bertz CT molecular complexity index is 390. The van der Waals surface area contributed by atoms with Crippen molar-refractivity contribution in [3.05, 3.63) is 29.3 Å². The molecule has 0 saturated carbocycles. The van der Waals surface area contributed by atoms with Crippen LogP contribution in [0.25, 0.3) is 0 Å². The maximum atomic E-state index is 5.79. The Morgan fingerprint density at radius 1 is 1.22 bits per heavy atom. The summed E-state index contributed by atoms with van der Waals surface area (Å²) in [6.07, 6.45) is 6.18. The fraction of sp³-hybridized carbons (Fsp3) is 0.533. The first-order valence-corrected chi connectivity index (χ1v) is 7.09. The topological polar surface area (TPSA) is 35.2 Å². The highest BCUT2D eigenvalue weighted by Gasteiger charge is 2.06. The van der Waals surface area contributed by atoms with Crippen molar-refractivity contribution < 1.29 is 4.74 Å². The van der Waals surface area contributed by atoms with E-state index in [1.165, 1.54) is 25.7 Å². The van der Waals surface area contributed by atoms with Gasteiger partial charge in [-0.15, -0.1) is 0 Å². The van der Waals surface area contributed by atoms with Crippen LogP contribution in [0.15, 0.2) is 18.2 Å². The number of benzene rings is 1. The average Bonchev–Trinajstić information content (AvgIpc) is 2.33. The Kier molecular flexibility index (Phi) is 6.73. The smallest absolute Gasteiger partial charge is 0.129 e. The highest BCUT2D eigenvalue weighted by molar-refractivity contribution is 7.80. The van der Waals surface area contributed by atoms with Crippen molar-refractivity contribution in [1.82, 2.24) is 0 Å². The molecule has 100 valence electrons. The highest BCUT2D eigenvalue weighted by atomic mass is 32.1. The van der Waals surface area contributed by atoms with Crippen molar-refractivity contribution >= 4 is 17.2 Å². The molecule has 1 aromatic carbocycles. The summed E-state index contributed by atoms with van der Waals surface area (Å²) < 4.78 is 5.79. The van der Waals surface area contributed by atoms with Gasteiger partial charge in [0.1, 0.15) is 10.7 Å². The van der Waals surface area contributed by atoms with E-state index in [1.54, 1.807) is 0 Å². The predicted octanol–water partition coefficient (Wildman–Crippen LogP) is 3.98. The Balaban J connectivity index is 2.45. The summed E-state index contributed by atoms with van der Waals surface area (Å²) >= 11 is 5.03. The molecule has 0 spiro atoms. The van der Waals surface area contributed by atoms with E-state index < -0.39 is 0 Å². The van der Waals surface area contributed by atoms with Gasteiger partial charge < -0.3 is 10.5 Å². The minimum absolute atomic E-state index is 0.399. The van der Waals surface area contributed by atoms with Gasteiger partial charge in [-0.25, -0.2) is 0 Å². The van der Waals surface area contributed by atoms with Crippen LogP contribution in [0.4, 0.5) is 0 Å². The molecule has 0 fully saturated rings. The second-order valence-electron chi connectivity index (χ2n) is 4.63. The normalized spacial score (nSPS) is 10.3. The monoisotopic (exact) mass is 265 g/mol. The van der Waals surface area contributed by atoms with Gasteiger partial charge in [0.15, 0.2) is 0 Å². The molecule has 1 aromatic rings. The van der Waals surface area contributed by atoms with E-state index in [1.807, 2.05) is 25.1 Å². The number of thiocarbonyl (C=S) groups is 1. The zero-order chi connectivity index (χ0) is 13.4. The third kappa shape index (κ3) is 5.05. The van der Waals surface area contributed by atoms with Gasteiger partial charge in [-0.05, 0) is 31.0 Å². The van der Waals surface area contributed by atoms with E-state index in [-0.39, 0.29) is 0 Å². The zero-order valence-corrected chi connectivity index (χ0v) is 12.2. The maximum absolute atomic E-state index is 5.79. The molecular formula is C15H23NOS. The largest absolute Gasteiger partial charge is 0.493 e. The lowest BCUT2D eigenvalue weighted by atomic mass is 10.1. The van der Waals surface area contributed by atoms with Crippen molar-refractivity contribution in [2.24, 2.45) is 5.73 Å². The Morgan fingerprint density at radius 2 is 1.94 bits per heavy atom. The third-order valence-electron chi connectivity index (χ3n) is 2.91. The first-order valence-electron chi connectivity index (χ1n) is 6.68. The fourth-order valence-electron chi connectivity index (χ4n) is 1.84. The van der Waals surface area contributed by atoms with E-state index in [2.05, 4.69) is 6.92 Å². The Hall–Kier alpha value is -1.09. The van der Waals surface area contributed by atoms with Gasteiger partial charge in [0, 0.05) is 0 Å². The van der Waals surface area contributed by atoms with Crippen molar-refractivity contribution in [3.63, 3.8) is 0 Å². The molecule has 0 bridgehead atoms. The van der Waals surface area contributed by atoms with Crippen LogP contribution in [0.3, 0.4) is 0 Å². The molecule has 0 unspecified atom stereocenters. The number of unbranched alkanes of at least 4 members (excludes halogenated alkanes) is 4. The van der Waals surface area contributed by atoms with Crippen LogP contribution in [-0.4, -0.2) is 11.6 Å². The second-order valence-corrected chi connectivity index (χ2v) is 5.07. The molecule has 0 heterocycles. The van der Waals surface area contributed by atoms with Crippen LogP contribution in [0.5, 0.6) is 5.75 Å². The average molecular weight is 265 g/mol. The fourth-order valence-corrected chi connectivity index (χ4v) is 2.01. The highest BCUT2D eigenvalue weighted by Crippen LogP contribution is 2.20. The van der Waals surface area contributed by atoms with Crippen LogP contribution in [0.2, 0.25) is 0 Å². The first kappa shape index (κ1) is 15.0. The van der Waals surface area contributed by atoms with Gasteiger partial charge in [0.2, 0.25) is 0 Å². The summed E-state index contributed by atoms with van der Waals surface area (Å²) in [4.78, 5) is 0.399. The van der Waals surface area contributed by atoms with E-state index in [4.69, 9.17) is 22.7 Å². The van der Waals surface area contributed by atoms with Crippen LogP contribution in [0, 0.1) is 6.92 Å². The van der Waals surface area contributed by atoms with Gasteiger partial charge in [-0.2, -0.15) is 0 Å². The summed E-state index contributed by atoms with van der Waals surface area (Å²) in [5, 5.41) is 0. The zero-order valence-electron chi connectivity index (χ0n) is 11.4. The summed E-state index contributed by atoms with van der Waals surface area (Å²) in [6, 6.07) is 5.94. The molecule has 0 aliphatic rings. The third-order valence-corrected chi connectivity index (χ3v) is 3.13. The number of aryl methyl sites for hydroxylation is 1. The first-order chi connectivity index (χ1) is 8.65. The maximum Gasteiger partial charge on any atom is 0.129 e. The van der Waals surface area contributed by atoms with Crippen LogP contribution in [-0.2, 0) is 0 Å². The van der Waals surface area contributed by atoms with E-state index in [0.717, 1.165) is 29.9 Å². The van der Waals surface area contributed by atoms with Gasteiger partial charge in [0.05, 0.1) is 12.2 Å². The molecular weight excluding hydrogens is 242 g/mol. The molecule has 1 rings (SSSR count). The quantitative estimate of drug-likeness (QED) is 0.570. The van der Waals surface area contributed by atoms with Crippen molar-refractivity contribution in [2.45, 2.75) is 46.0 Å². The molecule has 0 amide bonds. The van der Waals surface area contributed by atoms with E-state index in [0.29, 0.717) is 4.99 Å². The predicted molar refractivity (Wildman–Crippen MR) is 81.3 cm³/mol. The molecule has 0 aromatic heterocycles. The van der Waals surface area contributed by atoms with Gasteiger partial charge in [-0.1, -0.05) is 50.9 Å². The molecule has 3 heteroatoms. The van der Waals surface area contributed by atoms with E-state index in [9.17, 15) is 0 Å². The van der Waals surface area contributed by atoms with Gasteiger partial charge in [0.25, 0.3) is 0 Å². The summed E-state index contributed by atoms with van der Waals surface area (Å²) in [5.74, 6) is 0.818. The SMILES string of the molecule is CCCCCCCOc1cc(C)ccc1C(N)=S. The minimum Gasteiger partial charge on any atom is -0.493 e. The standard InChI is InChI=1S/C15H23NOS/c1-3-4-5-6-7-10-17-14-11-12(2)8-9-13(14)15(16)18/h8-9,11H,3-7,10H2,1-2H3,(H2,16,18). The number of hydrogen-bond acceptors (Lipinski definition) is 2. The van der Waals surface area contributed by atoms with Crippen LogP contribution in [0.1, 0.15) is 50.2 Å². The summed E-state index contributed by atoms with van der Waals surface area (Å²) in [7, 11) is 0. The molecule has 2 N–H and O–H groups in total.